The molecule has 2 aliphatic rings. The van der Waals surface area contributed by atoms with Crippen LogP contribution >= 0.6 is 0 Å². The third-order valence-electron chi connectivity index (χ3n) is 5.15. The molecule has 2 fully saturated rings. The Hall–Kier alpha value is -1.33. The van der Waals surface area contributed by atoms with Crippen LogP contribution in [0.4, 0.5) is 5.82 Å². The zero-order valence-corrected chi connectivity index (χ0v) is 14.6. The second-order valence-corrected chi connectivity index (χ2v) is 6.66. The summed E-state index contributed by atoms with van der Waals surface area (Å²) in [5.41, 5.74) is 0. The van der Waals surface area contributed by atoms with Gasteiger partial charge in [-0.3, -0.25) is 4.90 Å². The summed E-state index contributed by atoms with van der Waals surface area (Å²) in [5, 5.41) is 0. The number of hydrogen-bond donors (Lipinski definition) is 0. The molecule has 1 aromatic rings. The average molecular weight is 318 g/mol. The van der Waals surface area contributed by atoms with Gasteiger partial charge in [0.1, 0.15) is 5.82 Å². The lowest BCUT2D eigenvalue weighted by atomic mass is 10.1. The second-order valence-electron chi connectivity index (χ2n) is 6.66. The topological polar surface area (TPSA) is 31.8 Å². The van der Waals surface area contributed by atoms with Gasteiger partial charge in [0.2, 0.25) is 5.88 Å². The van der Waals surface area contributed by atoms with Crippen LogP contribution in [0, 0.1) is 0 Å². The van der Waals surface area contributed by atoms with Crippen molar-refractivity contribution in [1.82, 2.24) is 14.8 Å². The number of aromatic nitrogens is 1. The molecule has 0 bridgehead atoms. The molecule has 0 saturated carbocycles. The van der Waals surface area contributed by atoms with E-state index in [4.69, 9.17) is 4.74 Å². The van der Waals surface area contributed by atoms with Gasteiger partial charge < -0.3 is 14.5 Å². The van der Waals surface area contributed by atoms with Crippen molar-refractivity contribution in [3.8, 4) is 5.88 Å². The van der Waals surface area contributed by atoms with Gasteiger partial charge >= 0.3 is 0 Å². The minimum atomic E-state index is 0.667. The highest BCUT2D eigenvalue weighted by Gasteiger charge is 2.23. The van der Waals surface area contributed by atoms with Gasteiger partial charge in [-0.15, -0.1) is 0 Å². The lowest BCUT2D eigenvalue weighted by molar-refractivity contribution is 0.214. The van der Waals surface area contributed by atoms with E-state index in [9.17, 15) is 0 Å². The maximum atomic E-state index is 5.51. The summed E-state index contributed by atoms with van der Waals surface area (Å²) >= 11 is 0. The first-order chi connectivity index (χ1) is 11.3. The van der Waals surface area contributed by atoms with E-state index in [0.717, 1.165) is 43.9 Å². The molecule has 0 amide bonds. The number of pyridine rings is 1. The summed E-state index contributed by atoms with van der Waals surface area (Å²) < 4.78 is 5.51. The fourth-order valence-corrected chi connectivity index (χ4v) is 3.68. The number of piperazine rings is 1. The third kappa shape index (κ3) is 4.36. The van der Waals surface area contributed by atoms with E-state index in [1.165, 1.54) is 32.4 Å². The molecule has 0 unspecified atom stereocenters. The van der Waals surface area contributed by atoms with Crippen molar-refractivity contribution in [3.05, 3.63) is 18.2 Å². The molecular formula is C18H30N4O. The highest BCUT2D eigenvalue weighted by Crippen LogP contribution is 2.20. The molecule has 2 aliphatic heterocycles. The third-order valence-corrected chi connectivity index (χ3v) is 5.15. The first-order valence-corrected chi connectivity index (χ1v) is 9.03. The molecule has 0 spiro atoms. The molecule has 23 heavy (non-hydrogen) atoms. The van der Waals surface area contributed by atoms with Crippen molar-refractivity contribution in [2.24, 2.45) is 0 Å². The maximum Gasteiger partial charge on any atom is 0.215 e. The SMILES string of the molecule is CCOc1cccc(N2CCN(CC[C@H]3CCCN3C)CC2)n1. The van der Waals surface area contributed by atoms with Crippen LogP contribution in [0.3, 0.4) is 0 Å². The molecule has 3 heterocycles. The highest BCUT2D eigenvalue weighted by molar-refractivity contribution is 5.41. The van der Waals surface area contributed by atoms with E-state index < -0.39 is 0 Å². The van der Waals surface area contributed by atoms with E-state index in [1.54, 1.807) is 0 Å². The lowest BCUT2D eigenvalue weighted by Crippen LogP contribution is -2.47. The smallest absolute Gasteiger partial charge is 0.215 e. The fraction of sp³-hybridized carbons (Fsp3) is 0.722. The van der Waals surface area contributed by atoms with Gasteiger partial charge in [-0.2, -0.15) is 4.98 Å². The minimum Gasteiger partial charge on any atom is -0.478 e. The van der Waals surface area contributed by atoms with Crippen LogP contribution < -0.4 is 9.64 Å². The largest absolute Gasteiger partial charge is 0.478 e. The fourth-order valence-electron chi connectivity index (χ4n) is 3.68. The van der Waals surface area contributed by atoms with Gasteiger partial charge in [0.15, 0.2) is 0 Å². The first-order valence-electron chi connectivity index (χ1n) is 9.03. The molecule has 0 radical (unpaired) electrons. The number of ether oxygens (including phenoxy) is 1. The summed E-state index contributed by atoms with van der Waals surface area (Å²) in [4.78, 5) is 12.1. The van der Waals surface area contributed by atoms with Crippen LogP contribution in [0.25, 0.3) is 0 Å². The Kier molecular flexibility index (Phi) is 5.73. The van der Waals surface area contributed by atoms with Crippen molar-refractivity contribution in [2.45, 2.75) is 32.2 Å². The monoisotopic (exact) mass is 318 g/mol. The van der Waals surface area contributed by atoms with Crippen molar-refractivity contribution < 1.29 is 4.74 Å². The Balaban J connectivity index is 1.45. The summed E-state index contributed by atoms with van der Waals surface area (Å²) in [6.07, 6.45) is 4.07. The van der Waals surface area contributed by atoms with Gasteiger partial charge in [-0.1, -0.05) is 6.07 Å². The predicted octanol–water partition coefficient (Wildman–Crippen LogP) is 2.09. The molecule has 0 aromatic carbocycles. The van der Waals surface area contributed by atoms with E-state index in [0.29, 0.717) is 6.61 Å². The number of nitrogens with zero attached hydrogens (tertiary/aromatic N) is 4. The van der Waals surface area contributed by atoms with Gasteiger partial charge in [-0.05, 0) is 52.4 Å². The van der Waals surface area contributed by atoms with Crippen molar-refractivity contribution in [3.63, 3.8) is 0 Å². The molecule has 128 valence electrons. The second kappa shape index (κ2) is 7.97. The quantitative estimate of drug-likeness (QED) is 0.802. The number of rotatable bonds is 6. The van der Waals surface area contributed by atoms with Crippen LogP contribution in [0.1, 0.15) is 26.2 Å². The Labute approximate surface area is 140 Å². The van der Waals surface area contributed by atoms with Gasteiger partial charge in [-0.25, -0.2) is 0 Å². The first kappa shape index (κ1) is 16.5. The van der Waals surface area contributed by atoms with E-state index >= 15 is 0 Å². The zero-order chi connectivity index (χ0) is 16.1. The maximum absolute atomic E-state index is 5.51. The van der Waals surface area contributed by atoms with E-state index in [-0.39, 0.29) is 0 Å². The van der Waals surface area contributed by atoms with Crippen LogP contribution in [0.15, 0.2) is 18.2 Å². The molecule has 3 rings (SSSR count). The van der Waals surface area contributed by atoms with Crippen molar-refractivity contribution in [1.29, 1.82) is 0 Å². The Morgan fingerprint density at radius 3 is 2.70 bits per heavy atom. The Morgan fingerprint density at radius 2 is 2.00 bits per heavy atom. The highest BCUT2D eigenvalue weighted by atomic mass is 16.5. The van der Waals surface area contributed by atoms with Gasteiger partial charge in [0.05, 0.1) is 6.61 Å². The molecule has 5 heteroatoms. The summed E-state index contributed by atoms with van der Waals surface area (Å²) in [6, 6.07) is 6.86. The molecule has 0 aliphatic carbocycles. The number of likely N-dealkylation sites (tertiary alicyclic amines) is 1. The van der Waals surface area contributed by atoms with Gasteiger partial charge in [0.25, 0.3) is 0 Å². The Bertz CT molecular complexity index is 488. The molecule has 5 nitrogen and oxygen atoms in total. The lowest BCUT2D eigenvalue weighted by Gasteiger charge is -2.36. The van der Waals surface area contributed by atoms with Crippen LogP contribution in [-0.2, 0) is 0 Å². The zero-order valence-electron chi connectivity index (χ0n) is 14.6. The molecule has 1 atom stereocenters. The molecule has 0 N–H and O–H groups in total. The van der Waals surface area contributed by atoms with Crippen LogP contribution in [-0.4, -0.2) is 73.7 Å². The van der Waals surface area contributed by atoms with Crippen LogP contribution in [0.2, 0.25) is 0 Å². The molecule has 2 saturated heterocycles. The normalized spacial score (nSPS) is 23.4. The minimum absolute atomic E-state index is 0.667. The van der Waals surface area contributed by atoms with Crippen molar-refractivity contribution >= 4 is 5.82 Å². The predicted molar refractivity (Wildman–Crippen MR) is 94.3 cm³/mol. The average Bonchev–Trinajstić information content (AvgIpc) is 2.99. The van der Waals surface area contributed by atoms with E-state index in [1.807, 2.05) is 19.1 Å². The number of hydrogen-bond acceptors (Lipinski definition) is 5. The van der Waals surface area contributed by atoms with Crippen molar-refractivity contribution in [2.75, 3.05) is 57.8 Å². The Morgan fingerprint density at radius 1 is 1.17 bits per heavy atom. The van der Waals surface area contributed by atoms with Gasteiger partial charge in [0, 0.05) is 38.3 Å². The van der Waals surface area contributed by atoms with E-state index in [2.05, 4.69) is 32.8 Å². The molecule has 1 aromatic heterocycles. The summed E-state index contributed by atoms with van der Waals surface area (Å²) in [6.45, 7) is 9.56. The van der Waals surface area contributed by atoms with Crippen LogP contribution in [0.5, 0.6) is 5.88 Å². The number of anilines is 1. The molecular weight excluding hydrogens is 288 g/mol. The standard InChI is InChI=1S/C18H30N4O/c1-3-23-18-8-4-7-17(19-18)22-14-12-21(13-15-22)11-9-16-6-5-10-20(16)2/h4,7-8,16H,3,5-6,9-15H2,1-2H3/t16-/m1/s1. The summed E-state index contributed by atoms with van der Waals surface area (Å²) in [5.74, 6) is 1.78. The summed E-state index contributed by atoms with van der Waals surface area (Å²) in [7, 11) is 2.27.